The van der Waals surface area contributed by atoms with Crippen LogP contribution in [0, 0.1) is 12.7 Å². The Morgan fingerprint density at radius 2 is 1.95 bits per heavy atom. The normalized spacial score (nSPS) is 12.6. The second-order valence-corrected chi connectivity index (χ2v) is 4.85. The summed E-state index contributed by atoms with van der Waals surface area (Å²) in [5.74, 6) is -0.341. The number of aryl methyl sites for hydroxylation is 1. The van der Waals surface area contributed by atoms with Gasteiger partial charge >= 0.3 is 0 Å². The van der Waals surface area contributed by atoms with Crippen LogP contribution in [0.1, 0.15) is 22.8 Å². The Labute approximate surface area is 116 Å². The number of rotatable bonds is 2. The van der Waals surface area contributed by atoms with Crippen LogP contribution in [-0.4, -0.2) is 10.1 Å². The molecule has 0 fully saturated rings. The number of halogens is 1. The Morgan fingerprint density at radius 3 is 2.80 bits per heavy atom. The van der Waals surface area contributed by atoms with Crippen molar-refractivity contribution in [3.05, 3.63) is 77.4 Å². The molecule has 0 amide bonds. The monoisotopic (exact) mass is 267 g/mol. The van der Waals surface area contributed by atoms with E-state index in [2.05, 4.69) is 4.98 Å². The second-order valence-electron chi connectivity index (χ2n) is 4.85. The fourth-order valence-corrected chi connectivity index (χ4v) is 2.46. The van der Waals surface area contributed by atoms with Crippen molar-refractivity contribution >= 4 is 10.8 Å². The lowest BCUT2D eigenvalue weighted by Crippen LogP contribution is -2.03. The third-order valence-electron chi connectivity index (χ3n) is 3.54. The second kappa shape index (κ2) is 5.02. The molecule has 1 atom stereocenters. The average Bonchev–Trinajstić information content (AvgIpc) is 2.48. The quantitative estimate of drug-likeness (QED) is 0.766. The van der Waals surface area contributed by atoms with Gasteiger partial charge in [-0.25, -0.2) is 4.39 Å². The summed E-state index contributed by atoms with van der Waals surface area (Å²) in [6, 6.07) is 12.0. The van der Waals surface area contributed by atoms with E-state index < -0.39 is 6.10 Å². The van der Waals surface area contributed by atoms with Gasteiger partial charge in [-0.05, 0) is 47.2 Å². The molecular weight excluding hydrogens is 253 g/mol. The van der Waals surface area contributed by atoms with Crippen molar-refractivity contribution in [2.24, 2.45) is 0 Å². The molecule has 0 aliphatic heterocycles. The van der Waals surface area contributed by atoms with Crippen molar-refractivity contribution in [1.29, 1.82) is 0 Å². The SMILES string of the molecule is Cc1ccc(F)cc1C(O)c1cccc2cnccc12. The highest BCUT2D eigenvalue weighted by molar-refractivity contribution is 5.85. The molecule has 3 heteroatoms. The van der Waals surface area contributed by atoms with Crippen molar-refractivity contribution in [2.75, 3.05) is 0 Å². The number of benzene rings is 2. The van der Waals surface area contributed by atoms with Gasteiger partial charge in [0.05, 0.1) is 0 Å². The first-order valence-corrected chi connectivity index (χ1v) is 6.43. The summed E-state index contributed by atoms with van der Waals surface area (Å²) in [5.41, 5.74) is 2.22. The van der Waals surface area contributed by atoms with E-state index in [4.69, 9.17) is 0 Å². The van der Waals surface area contributed by atoms with Gasteiger partial charge in [-0.1, -0.05) is 24.3 Å². The zero-order valence-electron chi connectivity index (χ0n) is 11.0. The van der Waals surface area contributed by atoms with E-state index in [0.717, 1.165) is 21.9 Å². The van der Waals surface area contributed by atoms with Gasteiger partial charge in [-0.15, -0.1) is 0 Å². The molecule has 100 valence electrons. The summed E-state index contributed by atoms with van der Waals surface area (Å²) < 4.78 is 13.4. The number of aliphatic hydroxyl groups is 1. The van der Waals surface area contributed by atoms with Crippen LogP contribution in [0.15, 0.2) is 54.9 Å². The lowest BCUT2D eigenvalue weighted by atomic mass is 9.94. The maximum atomic E-state index is 13.4. The minimum Gasteiger partial charge on any atom is -0.384 e. The highest BCUT2D eigenvalue weighted by atomic mass is 19.1. The van der Waals surface area contributed by atoms with Gasteiger partial charge in [0.2, 0.25) is 0 Å². The van der Waals surface area contributed by atoms with Crippen molar-refractivity contribution in [3.63, 3.8) is 0 Å². The van der Waals surface area contributed by atoms with Crippen LogP contribution in [0.25, 0.3) is 10.8 Å². The number of aromatic nitrogens is 1. The number of hydrogen-bond acceptors (Lipinski definition) is 2. The first-order chi connectivity index (χ1) is 9.66. The molecule has 0 bridgehead atoms. The molecule has 2 aromatic carbocycles. The zero-order valence-corrected chi connectivity index (χ0v) is 11.0. The van der Waals surface area contributed by atoms with E-state index in [1.165, 1.54) is 12.1 Å². The highest BCUT2D eigenvalue weighted by Crippen LogP contribution is 2.30. The maximum absolute atomic E-state index is 13.4. The molecule has 1 heterocycles. The summed E-state index contributed by atoms with van der Waals surface area (Å²) in [6.45, 7) is 1.87. The van der Waals surface area contributed by atoms with Gasteiger partial charge in [-0.2, -0.15) is 0 Å². The van der Waals surface area contributed by atoms with Crippen LogP contribution < -0.4 is 0 Å². The molecule has 3 rings (SSSR count). The summed E-state index contributed by atoms with van der Waals surface area (Å²) in [7, 11) is 0. The van der Waals surface area contributed by atoms with Gasteiger partial charge in [0.15, 0.2) is 0 Å². The van der Waals surface area contributed by atoms with Crippen LogP contribution in [0.5, 0.6) is 0 Å². The molecule has 1 aromatic heterocycles. The van der Waals surface area contributed by atoms with Crippen molar-refractivity contribution in [2.45, 2.75) is 13.0 Å². The zero-order chi connectivity index (χ0) is 14.1. The number of fused-ring (bicyclic) bond motifs is 1. The fraction of sp³-hybridized carbons (Fsp3) is 0.118. The standard InChI is InChI=1S/C17H14FNO/c1-11-5-6-13(18)9-16(11)17(20)15-4-2-3-12-10-19-8-7-14(12)15/h2-10,17,20H,1H3. The van der Waals surface area contributed by atoms with Gasteiger partial charge in [0.25, 0.3) is 0 Å². The van der Waals surface area contributed by atoms with Crippen molar-refractivity contribution < 1.29 is 9.50 Å². The lowest BCUT2D eigenvalue weighted by Gasteiger charge is -2.16. The third-order valence-corrected chi connectivity index (χ3v) is 3.54. The largest absolute Gasteiger partial charge is 0.384 e. The van der Waals surface area contributed by atoms with Gasteiger partial charge in [0, 0.05) is 17.8 Å². The Morgan fingerprint density at radius 1 is 1.10 bits per heavy atom. The molecule has 0 aliphatic carbocycles. The Bertz CT molecular complexity index is 765. The summed E-state index contributed by atoms with van der Waals surface area (Å²) in [4.78, 5) is 4.08. The number of aliphatic hydroxyl groups excluding tert-OH is 1. The molecular formula is C17H14FNO. The first kappa shape index (κ1) is 12.8. The Hall–Kier alpha value is -2.26. The van der Waals surface area contributed by atoms with Gasteiger partial charge in [-0.3, -0.25) is 4.98 Å². The van der Waals surface area contributed by atoms with Crippen LogP contribution >= 0.6 is 0 Å². The highest BCUT2D eigenvalue weighted by Gasteiger charge is 2.16. The van der Waals surface area contributed by atoms with Crippen molar-refractivity contribution in [1.82, 2.24) is 4.98 Å². The predicted molar refractivity (Wildman–Crippen MR) is 76.9 cm³/mol. The topological polar surface area (TPSA) is 33.1 Å². The van der Waals surface area contributed by atoms with E-state index >= 15 is 0 Å². The Kier molecular flexibility index (Phi) is 3.20. The van der Waals surface area contributed by atoms with Crippen molar-refractivity contribution in [3.8, 4) is 0 Å². The molecule has 0 aliphatic rings. The molecule has 0 spiro atoms. The van der Waals surface area contributed by atoms with E-state index in [-0.39, 0.29) is 5.82 Å². The minimum atomic E-state index is -0.850. The van der Waals surface area contributed by atoms with E-state index in [1.807, 2.05) is 31.2 Å². The van der Waals surface area contributed by atoms with Gasteiger partial charge in [0.1, 0.15) is 11.9 Å². The summed E-state index contributed by atoms with van der Waals surface area (Å²) in [5, 5.41) is 12.5. The van der Waals surface area contributed by atoms with Crippen LogP contribution in [-0.2, 0) is 0 Å². The molecule has 0 saturated carbocycles. The average molecular weight is 267 g/mol. The van der Waals surface area contributed by atoms with E-state index in [1.54, 1.807) is 18.5 Å². The maximum Gasteiger partial charge on any atom is 0.123 e. The number of pyridine rings is 1. The van der Waals surface area contributed by atoms with Crippen LogP contribution in [0.2, 0.25) is 0 Å². The molecule has 3 aromatic rings. The van der Waals surface area contributed by atoms with Crippen LogP contribution in [0.3, 0.4) is 0 Å². The summed E-state index contributed by atoms with van der Waals surface area (Å²) in [6.07, 6.45) is 2.60. The lowest BCUT2D eigenvalue weighted by molar-refractivity contribution is 0.220. The smallest absolute Gasteiger partial charge is 0.123 e. The van der Waals surface area contributed by atoms with E-state index in [9.17, 15) is 9.50 Å². The summed E-state index contributed by atoms with van der Waals surface area (Å²) >= 11 is 0. The molecule has 20 heavy (non-hydrogen) atoms. The van der Waals surface area contributed by atoms with E-state index in [0.29, 0.717) is 5.56 Å². The van der Waals surface area contributed by atoms with Gasteiger partial charge < -0.3 is 5.11 Å². The molecule has 0 saturated heterocycles. The number of nitrogens with zero attached hydrogens (tertiary/aromatic N) is 1. The molecule has 0 radical (unpaired) electrons. The molecule has 2 nitrogen and oxygen atoms in total. The first-order valence-electron chi connectivity index (χ1n) is 6.43. The Balaban J connectivity index is 2.17. The van der Waals surface area contributed by atoms with Crippen LogP contribution in [0.4, 0.5) is 4.39 Å². The third kappa shape index (κ3) is 2.17. The number of hydrogen-bond donors (Lipinski definition) is 1. The molecule has 1 N–H and O–H groups in total. The fourth-order valence-electron chi connectivity index (χ4n) is 2.46. The predicted octanol–water partition coefficient (Wildman–Crippen LogP) is 3.76. The minimum absolute atomic E-state index is 0.341. The molecule has 1 unspecified atom stereocenters.